The van der Waals surface area contributed by atoms with Gasteiger partial charge in [0.25, 0.3) is 5.56 Å². The zero-order valence-corrected chi connectivity index (χ0v) is 16.1. The van der Waals surface area contributed by atoms with Crippen LogP contribution in [0.5, 0.6) is 0 Å². The summed E-state index contributed by atoms with van der Waals surface area (Å²) in [5.41, 5.74) is 5.74. The molecule has 3 aromatic heterocycles. The Hall–Kier alpha value is -2.99. The first-order valence-corrected chi connectivity index (χ1v) is 9.77. The minimum Gasteiger partial charge on any atom is -0.317 e. The molecule has 4 heterocycles. The molecule has 0 atom stereocenters. The number of pyridine rings is 1. The van der Waals surface area contributed by atoms with Gasteiger partial charge in [0, 0.05) is 30.3 Å². The van der Waals surface area contributed by atoms with E-state index in [0.717, 1.165) is 48.0 Å². The summed E-state index contributed by atoms with van der Waals surface area (Å²) in [4.78, 5) is 17.6. The molecule has 0 spiro atoms. The first-order chi connectivity index (χ1) is 13.6. The van der Waals surface area contributed by atoms with Crippen LogP contribution in [0.3, 0.4) is 0 Å². The fraction of sp³-hybridized carbons (Fsp3) is 0.318. The predicted octanol–water partition coefficient (Wildman–Crippen LogP) is 3.02. The molecular formula is C22H23N5O. The average Bonchev–Trinajstić information content (AvgIpc) is 3.09. The van der Waals surface area contributed by atoms with Crippen LogP contribution in [0.25, 0.3) is 27.8 Å². The van der Waals surface area contributed by atoms with E-state index in [-0.39, 0.29) is 5.56 Å². The van der Waals surface area contributed by atoms with E-state index in [1.165, 1.54) is 5.56 Å². The summed E-state index contributed by atoms with van der Waals surface area (Å²) >= 11 is 0. The Labute approximate surface area is 162 Å². The molecule has 1 N–H and O–H groups in total. The molecular weight excluding hydrogens is 350 g/mol. The minimum atomic E-state index is -0.0419. The van der Waals surface area contributed by atoms with Crippen molar-refractivity contribution in [2.24, 2.45) is 7.05 Å². The molecule has 142 valence electrons. The average molecular weight is 373 g/mol. The van der Waals surface area contributed by atoms with E-state index in [9.17, 15) is 4.79 Å². The second-order valence-corrected chi connectivity index (χ2v) is 7.69. The molecule has 5 rings (SSSR count). The van der Waals surface area contributed by atoms with Crippen molar-refractivity contribution in [2.75, 3.05) is 13.1 Å². The predicted molar refractivity (Wildman–Crippen MR) is 111 cm³/mol. The number of nitrogens with zero attached hydrogens (tertiary/aromatic N) is 4. The number of fused-ring (bicyclic) bond motifs is 2. The van der Waals surface area contributed by atoms with Crippen molar-refractivity contribution in [3.05, 3.63) is 64.2 Å². The molecule has 0 aliphatic carbocycles. The highest BCUT2D eigenvalue weighted by Crippen LogP contribution is 2.27. The zero-order valence-electron chi connectivity index (χ0n) is 16.1. The smallest absolute Gasteiger partial charge is 0.258 e. The molecule has 1 fully saturated rings. The van der Waals surface area contributed by atoms with Crippen LogP contribution in [0.15, 0.2) is 47.5 Å². The largest absolute Gasteiger partial charge is 0.317 e. The van der Waals surface area contributed by atoms with E-state index < -0.39 is 0 Å². The van der Waals surface area contributed by atoms with Crippen LogP contribution in [0.1, 0.15) is 29.9 Å². The Bertz CT molecular complexity index is 1250. The normalized spacial score (nSPS) is 15.5. The second kappa shape index (κ2) is 6.56. The third-order valence-corrected chi connectivity index (χ3v) is 5.81. The van der Waals surface area contributed by atoms with Crippen LogP contribution in [-0.4, -0.2) is 32.3 Å². The summed E-state index contributed by atoms with van der Waals surface area (Å²) in [5.74, 6) is 0.507. The van der Waals surface area contributed by atoms with Crippen LogP contribution < -0.4 is 10.9 Å². The van der Waals surface area contributed by atoms with Gasteiger partial charge in [-0.25, -0.2) is 4.98 Å². The van der Waals surface area contributed by atoms with Crippen molar-refractivity contribution in [1.29, 1.82) is 0 Å². The van der Waals surface area contributed by atoms with Gasteiger partial charge in [0.15, 0.2) is 0 Å². The summed E-state index contributed by atoms with van der Waals surface area (Å²) in [6.07, 6.45) is 6.04. The van der Waals surface area contributed by atoms with E-state index in [2.05, 4.69) is 35.5 Å². The fourth-order valence-electron chi connectivity index (χ4n) is 4.37. The minimum absolute atomic E-state index is 0.0419. The van der Waals surface area contributed by atoms with Gasteiger partial charge in [-0.05, 0) is 68.1 Å². The maximum absolute atomic E-state index is 12.9. The monoisotopic (exact) mass is 373 g/mol. The molecule has 6 heteroatoms. The Kier molecular flexibility index (Phi) is 4.02. The summed E-state index contributed by atoms with van der Waals surface area (Å²) < 4.78 is 3.55. The molecule has 0 saturated carbocycles. The van der Waals surface area contributed by atoms with Crippen molar-refractivity contribution in [2.45, 2.75) is 25.7 Å². The van der Waals surface area contributed by atoms with Crippen LogP contribution in [0.2, 0.25) is 0 Å². The highest BCUT2D eigenvalue weighted by Gasteiger charge is 2.16. The number of nitrogens with one attached hydrogen (secondary N) is 1. The Morgan fingerprint density at radius 2 is 1.96 bits per heavy atom. The second-order valence-electron chi connectivity index (χ2n) is 7.69. The fourth-order valence-corrected chi connectivity index (χ4v) is 4.37. The van der Waals surface area contributed by atoms with Gasteiger partial charge in [-0.3, -0.25) is 13.9 Å². The van der Waals surface area contributed by atoms with Gasteiger partial charge in [-0.2, -0.15) is 5.10 Å². The number of rotatable bonds is 2. The molecule has 1 aliphatic heterocycles. The lowest BCUT2D eigenvalue weighted by Crippen LogP contribution is -2.27. The number of piperidine rings is 1. The Balaban J connectivity index is 1.60. The number of aryl methyl sites for hydroxylation is 2. The molecule has 4 aromatic rings. The van der Waals surface area contributed by atoms with Gasteiger partial charge in [0.05, 0.1) is 17.4 Å². The third-order valence-electron chi connectivity index (χ3n) is 5.81. The lowest BCUT2D eigenvalue weighted by Gasteiger charge is -2.23. The topological polar surface area (TPSA) is 64.2 Å². The molecule has 0 amide bonds. The van der Waals surface area contributed by atoms with E-state index in [1.807, 2.05) is 30.2 Å². The molecule has 1 saturated heterocycles. The molecule has 1 aliphatic rings. The molecule has 0 bridgehead atoms. The SMILES string of the molecule is Cc1cc(-c2cc(=O)n3cc(C4CCNCC4)ccc3n2)cc2cnn(C)c12. The van der Waals surface area contributed by atoms with Crippen LogP contribution in [0.4, 0.5) is 0 Å². The maximum atomic E-state index is 12.9. The zero-order chi connectivity index (χ0) is 19.3. The van der Waals surface area contributed by atoms with Gasteiger partial charge in [0.2, 0.25) is 0 Å². The number of benzene rings is 1. The molecule has 1 aromatic carbocycles. The molecule has 6 nitrogen and oxygen atoms in total. The van der Waals surface area contributed by atoms with Gasteiger partial charge in [0.1, 0.15) is 5.65 Å². The van der Waals surface area contributed by atoms with Crippen molar-refractivity contribution in [3.8, 4) is 11.3 Å². The van der Waals surface area contributed by atoms with Crippen molar-refractivity contribution < 1.29 is 0 Å². The number of hydrogen-bond donors (Lipinski definition) is 1. The van der Waals surface area contributed by atoms with Crippen LogP contribution >= 0.6 is 0 Å². The first kappa shape index (κ1) is 17.1. The summed E-state index contributed by atoms with van der Waals surface area (Å²) in [7, 11) is 1.94. The highest BCUT2D eigenvalue weighted by molar-refractivity contribution is 5.87. The lowest BCUT2D eigenvalue weighted by molar-refractivity contribution is 0.459. The molecule has 0 radical (unpaired) electrons. The maximum Gasteiger partial charge on any atom is 0.258 e. The van der Waals surface area contributed by atoms with Gasteiger partial charge in [-0.1, -0.05) is 6.07 Å². The number of hydrogen-bond acceptors (Lipinski definition) is 4. The van der Waals surface area contributed by atoms with Gasteiger partial charge in [-0.15, -0.1) is 0 Å². The quantitative estimate of drug-likeness (QED) is 0.587. The van der Waals surface area contributed by atoms with Crippen molar-refractivity contribution in [1.82, 2.24) is 24.5 Å². The first-order valence-electron chi connectivity index (χ1n) is 9.77. The lowest BCUT2D eigenvalue weighted by atomic mass is 9.91. The van der Waals surface area contributed by atoms with Crippen LogP contribution in [-0.2, 0) is 7.05 Å². The summed E-state index contributed by atoms with van der Waals surface area (Å²) in [6.45, 7) is 4.13. The summed E-state index contributed by atoms with van der Waals surface area (Å²) in [6, 6.07) is 9.85. The van der Waals surface area contributed by atoms with E-state index in [1.54, 1.807) is 10.5 Å². The van der Waals surface area contributed by atoms with E-state index in [0.29, 0.717) is 17.3 Å². The standard InChI is InChI=1S/C22H23N5O/c1-14-9-17(10-18-12-24-26(2)22(14)18)19-11-21(28)27-13-16(3-4-20(27)25-19)15-5-7-23-8-6-15/h3-4,9-13,15,23H,5-8H2,1-2H3. The van der Waals surface area contributed by atoms with Crippen molar-refractivity contribution >= 4 is 16.6 Å². The Morgan fingerprint density at radius 1 is 1.14 bits per heavy atom. The molecule has 28 heavy (non-hydrogen) atoms. The Morgan fingerprint density at radius 3 is 2.79 bits per heavy atom. The van der Waals surface area contributed by atoms with E-state index >= 15 is 0 Å². The van der Waals surface area contributed by atoms with Crippen molar-refractivity contribution in [3.63, 3.8) is 0 Å². The van der Waals surface area contributed by atoms with Crippen LogP contribution in [0, 0.1) is 6.92 Å². The molecule has 0 unspecified atom stereocenters. The number of aromatic nitrogens is 4. The van der Waals surface area contributed by atoms with Gasteiger partial charge < -0.3 is 5.32 Å². The highest BCUT2D eigenvalue weighted by atomic mass is 16.1. The van der Waals surface area contributed by atoms with Gasteiger partial charge >= 0.3 is 0 Å². The summed E-state index contributed by atoms with van der Waals surface area (Å²) in [5, 5.41) is 8.79. The van der Waals surface area contributed by atoms with E-state index in [4.69, 9.17) is 4.98 Å². The third kappa shape index (κ3) is 2.81.